The fourth-order valence-corrected chi connectivity index (χ4v) is 3.36. The predicted octanol–water partition coefficient (Wildman–Crippen LogP) is 2.87. The number of nitrogens with one attached hydrogen (secondary N) is 1. The van der Waals surface area contributed by atoms with Gasteiger partial charge in [-0.3, -0.25) is 14.9 Å². The summed E-state index contributed by atoms with van der Waals surface area (Å²) in [6, 6.07) is 11.3. The molecule has 1 aromatic carbocycles. The van der Waals surface area contributed by atoms with E-state index in [2.05, 4.69) is 15.4 Å². The molecule has 0 spiro atoms. The molecule has 1 amide bonds. The van der Waals surface area contributed by atoms with Crippen molar-refractivity contribution in [1.82, 2.24) is 19.3 Å². The number of pyridine rings is 1. The number of anilines is 1. The molecule has 1 N–H and O–H groups in total. The average Bonchev–Trinajstić information content (AvgIpc) is 3.01. The van der Waals surface area contributed by atoms with Gasteiger partial charge in [0.25, 0.3) is 11.5 Å². The smallest absolute Gasteiger partial charge is 0.264 e. The van der Waals surface area contributed by atoms with E-state index in [0.29, 0.717) is 10.7 Å². The van der Waals surface area contributed by atoms with Gasteiger partial charge in [-0.05, 0) is 37.3 Å². The number of carbonyl (C=O) groups excluding carboxylic acids is 1. The number of carbonyl (C=O) groups is 1. The Morgan fingerprint density at radius 1 is 1.22 bits per heavy atom. The Bertz CT molecular complexity index is 1030. The summed E-state index contributed by atoms with van der Waals surface area (Å²) < 4.78 is 3.14. The molecule has 0 aliphatic rings. The monoisotopic (exact) mass is 383 g/mol. The summed E-state index contributed by atoms with van der Waals surface area (Å²) in [7, 11) is 1.75. The van der Waals surface area contributed by atoms with Crippen molar-refractivity contribution >= 4 is 23.6 Å². The number of amides is 1. The second-order valence-corrected chi connectivity index (χ2v) is 6.95. The van der Waals surface area contributed by atoms with Crippen molar-refractivity contribution in [2.24, 2.45) is 7.05 Å². The number of thioether (sulfide) groups is 1. The molecular formula is C19H21N5O2S. The lowest BCUT2D eigenvalue weighted by Gasteiger charge is -2.17. The second kappa shape index (κ2) is 7.79. The summed E-state index contributed by atoms with van der Waals surface area (Å²) in [6.07, 6.45) is 3.59. The van der Waals surface area contributed by atoms with Crippen LogP contribution in [0.2, 0.25) is 0 Å². The van der Waals surface area contributed by atoms with Crippen molar-refractivity contribution in [2.45, 2.75) is 25.0 Å². The van der Waals surface area contributed by atoms with Crippen LogP contribution in [0.3, 0.4) is 0 Å². The summed E-state index contributed by atoms with van der Waals surface area (Å²) >= 11 is 1.42. The molecule has 0 aliphatic heterocycles. The van der Waals surface area contributed by atoms with E-state index in [1.54, 1.807) is 35.5 Å². The maximum absolute atomic E-state index is 13.0. The van der Waals surface area contributed by atoms with Gasteiger partial charge in [-0.25, -0.2) is 4.68 Å². The third kappa shape index (κ3) is 3.80. The molecule has 0 saturated heterocycles. The minimum Gasteiger partial charge on any atom is -0.308 e. The van der Waals surface area contributed by atoms with Gasteiger partial charge < -0.3 is 4.57 Å². The number of hydrogen-bond donors (Lipinski definition) is 1. The fourth-order valence-electron chi connectivity index (χ4n) is 2.88. The Balaban J connectivity index is 1.95. The number of benzene rings is 1. The molecular weight excluding hydrogens is 362 g/mol. The molecule has 0 aliphatic carbocycles. The van der Waals surface area contributed by atoms with Gasteiger partial charge in [0.15, 0.2) is 5.16 Å². The lowest BCUT2D eigenvalue weighted by Crippen LogP contribution is -2.32. The van der Waals surface area contributed by atoms with Gasteiger partial charge in [-0.15, -0.1) is 5.10 Å². The zero-order valence-electron chi connectivity index (χ0n) is 15.6. The second-order valence-electron chi connectivity index (χ2n) is 6.17. The molecule has 0 fully saturated rings. The summed E-state index contributed by atoms with van der Waals surface area (Å²) in [6.45, 7) is 3.67. The molecule has 3 rings (SSSR count). The lowest BCUT2D eigenvalue weighted by molar-refractivity contribution is 0.102. The van der Waals surface area contributed by atoms with Crippen molar-refractivity contribution in [3.8, 4) is 0 Å². The van der Waals surface area contributed by atoms with E-state index >= 15 is 0 Å². The number of nitrogens with zero attached hydrogens (tertiary/aromatic N) is 4. The SMILES string of the molecule is CSc1nc(NC(=O)c2c(C)ccn(C(C)c3ccccc3)c2=O)nn1C. The zero-order chi connectivity index (χ0) is 19.6. The molecule has 0 saturated carbocycles. The van der Waals surface area contributed by atoms with E-state index < -0.39 is 5.91 Å². The first-order valence-electron chi connectivity index (χ1n) is 8.45. The molecule has 7 nitrogen and oxygen atoms in total. The molecule has 1 unspecified atom stereocenters. The lowest BCUT2D eigenvalue weighted by atomic mass is 10.1. The zero-order valence-corrected chi connectivity index (χ0v) is 16.4. The number of aryl methyl sites for hydroxylation is 2. The molecule has 2 aromatic heterocycles. The van der Waals surface area contributed by atoms with Gasteiger partial charge in [0.1, 0.15) is 5.56 Å². The molecule has 1 atom stereocenters. The van der Waals surface area contributed by atoms with Crippen molar-refractivity contribution in [2.75, 3.05) is 11.6 Å². The fraction of sp³-hybridized carbons (Fsp3) is 0.263. The van der Waals surface area contributed by atoms with Gasteiger partial charge in [0, 0.05) is 13.2 Å². The van der Waals surface area contributed by atoms with Crippen molar-refractivity contribution < 1.29 is 4.79 Å². The minimum absolute atomic E-state index is 0.0958. The van der Waals surface area contributed by atoms with Gasteiger partial charge >= 0.3 is 0 Å². The summed E-state index contributed by atoms with van der Waals surface area (Å²) in [5, 5.41) is 7.46. The van der Waals surface area contributed by atoms with E-state index in [1.165, 1.54) is 11.8 Å². The highest BCUT2D eigenvalue weighted by Crippen LogP contribution is 2.17. The molecule has 0 radical (unpaired) electrons. The topological polar surface area (TPSA) is 81.8 Å². The van der Waals surface area contributed by atoms with Crippen LogP contribution in [0.1, 0.15) is 34.5 Å². The first kappa shape index (κ1) is 18.9. The normalized spacial score (nSPS) is 12.0. The summed E-state index contributed by atoms with van der Waals surface area (Å²) in [4.78, 5) is 30.0. The summed E-state index contributed by atoms with van der Waals surface area (Å²) in [5.41, 5.74) is 1.35. The number of rotatable bonds is 5. The molecule has 140 valence electrons. The largest absolute Gasteiger partial charge is 0.308 e. The van der Waals surface area contributed by atoms with Crippen molar-refractivity contribution in [3.63, 3.8) is 0 Å². The molecule has 8 heteroatoms. The number of aromatic nitrogens is 4. The van der Waals surface area contributed by atoms with Gasteiger partial charge in [0.2, 0.25) is 5.95 Å². The Morgan fingerprint density at radius 2 is 1.93 bits per heavy atom. The van der Waals surface area contributed by atoms with Crippen LogP contribution in [0, 0.1) is 6.92 Å². The summed E-state index contributed by atoms with van der Waals surface area (Å²) in [5.74, 6) is -0.331. The van der Waals surface area contributed by atoms with E-state index in [0.717, 1.165) is 5.56 Å². The Hall–Kier alpha value is -2.87. The van der Waals surface area contributed by atoms with Crippen LogP contribution in [0.25, 0.3) is 0 Å². The van der Waals surface area contributed by atoms with Gasteiger partial charge in [0.05, 0.1) is 6.04 Å². The van der Waals surface area contributed by atoms with Crippen LogP contribution in [0.15, 0.2) is 52.5 Å². The highest BCUT2D eigenvalue weighted by molar-refractivity contribution is 7.98. The molecule has 0 bridgehead atoms. The first-order valence-corrected chi connectivity index (χ1v) is 9.68. The van der Waals surface area contributed by atoms with E-state index in [9.17, 15) is 9.59 Å². The maximum Gasteiger partial charge on any atom is 0.264 e. The Kier molecular flexibility index (Phi) is 5.46. The van der Waals surface area contributed by atoms with Crippen LogP contribution in [0.5, 0.6) is 0 Å². The van der Waals surface area contributed by atoms with Gasteiger partial charge in [-0.2, -0.15) is 4.98 Å². The third-order valence-corrected chi connectivity index (χ3v) is 5.11. The number of hydrogen-bond acceptors (Lipinski definition) is 5. The van der Waals surface area contributed by atoms with Crippen molar-refractivity contribution in [1.29, 1.82) is 0 Å². The highest BCUT2D eigenvalue weighted by Gasteiger charge is 2.20. The average molecular weight is 383 g/mol. The predicted molar refractivity (Wildman–Crippen MR) is 106 cm³/mol. The van der Waals surface area contributed by atoms with Crippen LogP contribution < -0.4 is 10.9 Å². The Labute approximate surface area is 161 Å². The van der Waals surface area contributed by atoms with Gasteiger partial charge in [-0.1, -0.05) is 42.1 Å². The van der Waals surface area contributed by atoms with Crippen LogP contribution in [-0.4, -0.2) is 31.5 Å². The minimum atomic E-state index is -0.509. The Morgan fingerprint density at radius 3 is 2.56 bits per heavy atom. The van der Waals surface area contributed by atoms with Crippen LogP contribution in [0.4, 0.5) is 5.95 Å². The van der Waals surface area contributed by atoms with E-state index in [4.69, 9.17) is 0 Å². The molecule has 3 aromatic rings. The standard InChI is InChI=1S/C19H21N5O2S/c1-12-10-11-24(13(2)14-8-6-5-7-9-14)17(26)15(12)16(25)20-18-21-19(27-4)23(3)22-18/h5-11,13H,1-4H3,(H,20,22,25). The first-order chi connectivity index (χ1) is 12.9. The van der Waals surface area contributed by atoms with E-state index in [1.807, 2.05) is 43.5 Å². The molecule has 2 heterocycles. The maximum atomic E-state index is 13.0. The quantitative estimate of drug-likeness (QED) is 0.685. The highest BCUT2D eigenvalue weighted by atomic mass is 32.2. The van der Waals surface area contributed by atoms with Crippen LogP contribution in [-0.2, 0) is 7.05 Å². The molecule has 27 heavy (non-hydrogen) atoms. The third-order valence-electron chi connectivity index (χ3n) is 4.39. The van der Waals surface area contributed by atoms with Crippen molar-refractivity contribution in [3.05, 3.63) is 69.6 Å². The van der Waals surface area contributed by atoms with Crippen LogP contribution >= 0.6 is 11.8 Å². The van der Waals surface area contributed by atoms with E-state index in [-0.39, 0.29) is 23.1 Å².